The van der Waals surface area contributed by atoms with Crippen molar-refractivity contribution in [3.05, 3.63) is 191 Å². The van der Waals surface area contributed by atoms with Crippen molar-refractivity contribution in [1.82, 2.24) is 0 Å². The molecule has 0 bridgehead atoms. The average molecular weight is 990 g/mol. The van der Waals surface area contributed by atoms with E-state index in [0.717, 1.165) is 95.0 Å². The van der Waals surface area contributed by atoms with Crippen molar-refractivity contribution >= 4 is 96.2 Å². The predicted octanol–water partition coefficient (Wildman–Crippen LogP) is 18.1. The maximum Gasteiger partial charge on any atom is 0.257 e. The first kappa shape index (κ1) is 50.1. The third kappa shape index (κ3) is 8.53. The van der Waals surface area contributed by atoms with E-state index in [2.05, 4.69) is 252 Å². The van der Waals surface area contributed by atoms with E-state index in [1.54, 1.807) is 6.07 Å². The first-order valence-corrected chi connectivity index (χ1v) is 27.0. The van der Waals surface area contributed by atoms with Gasteiger partial charge in [0.05, 0.1) is 16.8 Å². The lowest BCUT2D eigenvalue weighted by Gasteiger charge is -2.45. The van der Waals surface area contributed by atoms with Gasteiger partial charge in [0.2, 0.25) is 0 Å². The van der Waals surface area contributed by atoms with Crippen LogP contribution in [0.2, 0.25) is 0 Å². The molecule has 0 radical (unpaired) electrons. The highest BCUT2D eigenvalue weighted by atomic mass is 19.1. The van der Waals surface area contributed by atoms with Crippen LogP contribution in [-0.2, 0) is 27.1 Å². The zero-order chi connectivity index (χ0) is 53.5. The molecule has 11 rings (SSSR count). The van der Waals surface area contributed by atoms with E-state index in [1.807, 2.05) is 19.1 Å². The Morgan fingerprint density at radius 1 is 0.440 bits per heavy atom. The molecule has 0 aliphatic carbocycles. The van der Waals surface area contributed by atoms with Crippen LogP contribution >= 0.6 is 0 Å². The van der Waals surface area contributed by atoms with Gasteiger partial charge in [-0.1, -0.05) is 177 Å². The molecular weight excluding hydrogens is 917 g/mol. The Kier molecular flexibility index (Phi) is 11.5. The number of halogens is 1. The van der Waals surface area contributed by atoms with Gasteiger partial charge in [0, 0.05) is 45.2 Å². The summed E-state index contributed by atoms with van der Waals surface area (Å²) in [4.78, 5) is 7.15. The number of fused-ring (bicyclic) bond motifs is 8. The quantitative estimate of drug-likeness (QED) is 0.160. The molecule has 3 heterocycles. The fourth-order valence-corrected chi connectivity index (χ4v) is 11.5. The van der Waals surface area contributed by atoms with Gasteiger partial charge in [0.15, 0.2) is 0 Å². The molecule has 75 heavy (non-hydrogen) atoms. The molecule has 0 amide bonds. The number of aryl methyl sites for hydroxylation is 1. The van der Waals surface area contributed by atoms with Crippen LogP contribution in [0.1, 0.15) is 137 Å². The Bertz CT molecular complexity index is 3640. The fourth-order valence-electron chi connectivity index (χ4n) is 11.5. The summed E-state index contributed by atoms with van der Waals surface area (Å²) in [5, 5.41) is 2.09. The SMILES string of the molecule is Cc1ccc(N2c3ccc(C(C)(C)C)cc3B3c4c(cc(C(C)(C)C)cc42)N(c2ccc(C(C)(C)C)cc2)c2cc(N(c4ccc(C(C)(C)C)cc4)c4ccc(C(C)(C)C)cc4)c4c(oc5ccccc54)c23)c(F)c1. The first-order chi connectivity index (χ1) is 35.2. The van der Waals surface area contributed by atoms with Crippen molar-refractivity contribution in [1.29, 1.82) is 0 Å². The molecule has 1 aromatic heterocycles. The average Bonchev–Trinajstić information content (AvgIpc) is 3.73. The molecule has 6 heteroatoms. The van der Waals surface area contributed by atoms with E-state index >= 15 is 4.39 Å². The van der Waals surface area contributed by atoms with Crippen molar-refractivity contribution in [3.63, 3.8) is 0 Å². The molecule has 0 saturated carbocycles. The summed E-state index contributed by atoms with van der Waals surface area (Å²) >= 11 is 0. The lowest BCUT2D eigenvalue weighted by molar-refractivity contribution is 0.589. The molecular formula is C69H73BFN3O. The van der Waals surface area contributed by atoms with Crippen LogP contribution in [0.3, 0.4) is 0 Å². The minimum absolute atomic E-state index is 0.0251. The molecule has 4 nitrogen and oxygen atoms in total. The maximum absolute atomic E-state index is 17.0. The highest BCUT2D eigenvalue weighted by molar-refractivity contribution is 7.01. The summed E-state index contributed by atoms with van der Waals surface area (Å²) in [6.45, 7) is 35.8. The largest absolute Gasteiger partial charge is 0.456 e. The topological polar surface area (TPSA) is 22.9 Å². The highest BCUT2D eigenvalue weighted by Crippen LogP contribution is 2.52. The number of para-hydroxylation sites is 1. The van der Waals surface area contributed by atoms with E-state index in [0.29, 0.717) is 5.69 Å². The Hall–Kier alpha value is -7.05. The lowest BCUT2D eigenvalue weighted by atomic mass is 9.33. The molecule has 2 aliphatic rings. The molecule has 9 aromatic rings. The summed E-state index contributed by atoms with van der Waals surface area (Å²) in [5.41, 5.74) is 20.2. The zero-order valence-electron chi connectivity index (χ0n) is 47.1. The molecule has 0 saturated heterocycles. The number of furan rings is 1. The first-order valence-electron chi connectivity index (χ1n) is 27.0. The van der Waals surface area contributed by atoms with E-state index in [9.17, 15) is 0 Å². The van der Waals surface area contributed by atoms with Crippen LogP contribution < -0.4 is 31.1 Å². The van der Waals surface area contributed by atoms with Crippen LogP contribution in [0.4, 0.5) is 55.6 Å². The molecule has 0 atom stereocenters. The second kappa shape index (κ2) is 17.2. The van der Waals surface area contributed by atoms with Crippen LogP contribution in [0.15, 0.2) is 156 Å². The van der Waals surface area contributed by atoms with Crippen LogP contribution in [0.25, 0.3) is 21.9 Å². The van der Waals surface area contributed by atoms with Crippen LogP contribution in [-0.4, -0.2) is 6.71 Å². The molecule has 8 aromatic carbocycles. The molecule has 0 unspecified atom stereocenters. The number of rotatable bonds is 5. The van der Waals surface area contributed by atoms with Crippen LogP contribution in [0.5, 0.6) is 0 Å². The Morgan fingerprint density at radius 2 is 0.920 bits per heavy atom. The van der Waals surface area contributed by atoms with Crippen molar-refractivity contribution in [2.45, 2.75) is 138 Å². The van der Waals surface area contributed by atoms with Crippen LogP contribution in [0, 0.1) is 12.7 Å². The maximum atomic E-state index is 17.0. The van der Waals surface area contributed by atoms with Gasteiger partial charge in [-0.3, -0.25) is 0 Å². The fraction of sp³-hybridized carbons (Fsp3) is 0.304. The number of hydrogen-bond donors (Lipinski definition) is 0. The second-order valence-electron chi connectivity index (χ2n) is 26.6. The highest BCUT2D eigenvalue weighted by Gasteiger charge is 2.47. The van der Waals surface area contributed by atoms with E-state index in [1.165, 1.54) is 22.3 Å². The van der Waals surface area contributed by atoms with Gasteiger partial charge >= 0.3 is 0 Å². The molecule has 0 fully saturated rings. The van der Waals surface area contributed by atoms with Crippen molar-refractivity contribution in [2.24, 2.45) is 0 Å². The molecule has 0 N–H and O–H groups in total. The second-order valence-corrected chi connectivity index (χ2v) is 26.6. The molecule has 380 valence electrons. The third-order valence-corrected chi connectivity index (χ3v) is 16.0. The smallest absolute Gasteiger partial charge is 0.257 e. The standard InChI is InChI=1S/C69H73BFN3O/c1-42-21-35-55(53(71)37-42)74-54-36-28-46(68(11,12)13)38-52(54)70-62-57(39-47(40-58(62)74)69(14,15)16)73(50-33-26-45(27-34-50)67(8,9)10)59-41-56(61-51-19-17-18-20-60(51)75-64(61)63(59)70)72(48-29-22-43(23-30-48)65(2,3)4)49-31-24-44(25-32-49)66(5,6)7/h17-41H,1-16H3. The van der Waals surface area contributed by atoms with Gasteiger partial charge in [-0.15, -0.1) is 0 Å². The van der Waals surface area contributed by atoms with Gasteiger partial charge in [0.1, 0.15) is 17.0 Å². The summed E-state index contributed by atoms with van der Waals surface area (Å²) in [7, 11) is 0. The summed E-state index contributed by atoms with van der Waals surface area (Å²) in [5.74, 6) is -0.254. The van der Waals surface area contributed by atoms with Crippen molar-refractivity contribution < 1.29 is 8.81 Å². The van der Waals surface area contributed by atoms with Gasteiger partial charge in [-0.25, -0.2) is 4.39 Å². The van der Waals surface area contributed by atoms with E-state index in [4.69, 9.17) is 4.42 Å². The number of hydrogen-bond acceptors (Lipinski definition) is 4. The lowest BCUT2D eigenvalue weighted by Crippen LogP contribution is -2.62. The van der Waals surface area contributed by atoms with Gasteiger partial charge < -0.3 is 19.1 Å². The number of anilines is 9. The number of nitrogens with zero attached hydrogens (tertiary/aromatic N) is 3. The molecule has 2 aliphatic heterocycles. The predicted molar refractivity (Wildman–Crippen MR) is 321 cm³/mol. The minimum atomic E-state index is -0.297. The number of benzene rings is 8. The van der Waals surface area contributed by atoms with E-state index in [-0.39, 0.29) is 39.6 Å². The Labute approximate surface area is 446 Å². The van der Waals surface area contributed by atoms with E-state index < -0.39 is 0 Å². The van der Waals surface area contributed by atoms with Gasteiger partial charge in [-0.05, 0) is 163 Å². The summed E-state index contributed by atoms with van der Waals surface area (Å²) in [6, 6.07) is 55.8. The van der Waals surface area contributed by atoms with Gasteiger partial charge in [-0.2, -0.15) is 0 Å². The molecule has 0 spiro atoms. The Balaban J connectivity index is 1.33. The zero-order valence-corrected chi connectivity index (χ0v) is 47.1. The monoisotopic (exact) mass is 990 g/mol. The summed E-state index contributed by atoms with van der Waals surface area (Å²) < 4.78 is 24.6. The Morgan fingerprint density at radius 3 is 1.45 bits per heavy atom. The van der Waals surface area contributed by atoms with Gasteiger partial charge in [0.25, 0.3) is 6.71 Å². The minimum Gasteiger partial charge on any atom is -0.456 e. The normalized spacial score (nSPS) is 13.9. The summed E-state index contributed by atoms with van der Waals surface area (Å²) in [6.07, 6.45) is 0. The van der Waals surface area contributed by atoms with Crippen molar-refractivity contribution in [3.8, 4) is 0 Å². The van der Waals surface area contributed by atoms with Crippen molar-refractivity contribution in [2.75, 3.05) is 14.7 Å². The third-order valence-electron chi connectivity index (χ3n) is 16.0.